The third-order valence-corrected chi connectivity index (χ3v) is 3.29. The van der Waals surface area contributed by atoms with Crippen LogP contribution in [0.2, 0.25) is 0 Å². The predicted molar refractivity (Wildman–Crippen MR) is 84.8 cm³/mol. The zero-order valence-electron chi connectivity index (χ0n) is 11.1. The smallest absolute Gasteiger partial charge is 0.273 e. The second kappa shape index (κ2) is 6.24. The lowest BCUT2D eigenvalue weighted by Gasteiger charge is -2.10. The van der Waals surface area contributed by atoms with Crippen molar-refractivity contribution < 1.29 is 4.92 Å². The maximum Gasteiger partial charge on any atom is 0.273 e. The molecule has 6 nitrogen and oxygen atoms in total. The van der Waals surface area contributed by atoms with E-state index in [1.165, 1.54) is 12.1 Å². The van der Waals surface area contributed by atoms with Gasteiger partial charge in [0.1, 0.15) is 6.07 Å². The molecule has 2 aromatic rings. The van der Waals surface area contributed by atoms with Gasteiger partial charge < -0.3 is 10.6 Å². The summed E-state index contributed by atoms with van der Waals surface area (Å²) in [6, 6.07) is 11.9. The van der Waals surface area contributed by atoms with Gasteiger partial charge in [0.2, 0.25) is 0 Å². The van der Waals surface area contributed by atoms with Gasteiger partial charge in [-0.3, -0.25) is 10.1 Å². The molecule has 0 fully saturated rings. The minimum absolute atomic E-state index is 0.0278. The molecule has 0 amide bonds. The summed E-state index contributed by atoms with van der Waals surface area (Å²) < 4.78 is 0.791. The van der Waals surface area contributed by atoms with Crippen LogP contribution in [0.4, 0.5) is 22.7 Å². The highest BCUT2D eigenvalue weighted by Gasteiger charge is 2.11. The molecule has 0 spiro atoms. The molecule has 0 saturated carbocycles. The lowest BCUT2D eigenvalue weighted by Crippen LogP contribution is -1.98. The molecule has 21 heavy (non-hydrogen) atoms. The van der Waals surface area contributed by atoms with E-state index in [1.54, 1.807) is 31.3 Å². The van der Waals surface area contributed by atoms with E-state index < -0.39 is 4.92 Å². The van der Waals surface area contributed by atoms with Crippen LogP contribution in [-0.4, -0.2) is 12.0 Å². The molecule has 0 heterocycles. The van der Waals surface area contributed by atoms with E-state index in [0.29, 0.717) is 22.6 Å². The van der Waals surface area contributed by atoms with Gasteiger partial charge in [-0.25, -0.2) is 0 Å². The quantitative estimate of drug-likeness (QED) is 0.644. The fraction of sp³-hybridized carbons (Fsp3) is 0.0714. The fourth-order valence-electron chi connectivity index (χ4n) is 1.81. The number of nitro groups is 1. The summed E-state index contributed by atoms with van der Waals surface area (Å²) in [5, 5.41) is 26.0. The van der Waals surface area contributed by atoms with Crippen molar-refractivity contribution in [3.8, 4) is 6.07 Å². The fourth-order valence-corrected chi connectivity index (χ4v) is 2.17. The van der Waals surface area contributed by atoms with Gasteiger partial charge >= 0.3 is 0 Å². The Labute approximate surface area is 129 Å². The number of anilines is 3. The molecule has 0 radical (unpaired) electrons. The number of hydrogen-bond acceptors (Lipinski definition) is 5. The number of hydrogen-bond donors (Lipinski definition) is 2. The third-order valence-electron chi connectivity index (χ3n) is 2.80. The van der Waals surface area contributed by atoms with Crippen molar-refractivity contribution in [1.82, 2.24) is 0 Å². The molecule has 106 valence electrons. The molecule has 0 aliphatic heterocycles. The van der Waals surface area contributed by atoms with Crippen LogP contribution in [0.5, 0.6) is 0 Å². The molecular weight excluding hydrogens is 336 g/mol. The molecule has 2 N–H and O–H groups in total. The largest absolute Gasteiger partial charge is 0.388 e. The molecule has 0 saturated heterocycles. The van der Waals surface area contributed by atoms with Gasteiger partial charge in [-0.05, 0) is 24.3 Å². The topological polar surface area (TPSA) is 91.0 Å². The number of non-ortho nitro benzene ring substituents is 1. The van der Waals surface area contributed by atoms with Gasteiger partial charge in [0.15, 0.2) is 0 Å². The van der Waals surface area contributed by atoms with Crippen LogP contribution in [-0.2, 0) is 0 Å². The number of benzene rings is 2. The predicted octanol–water partition coefficient (Wildman–Crippen LogP) is 4.01. The first-order chi connectivity index (χ1) is 10.0. The summed E-state index contributed by atoms with van der Waals surface area (Å²) in [6.07, 6.45) is 0. The maximum absolute atomic E-state index is 10.9. The highest BCUT2D eigenvalue weighted by molar-refractivity contribution is 9.10. The second-order valence-corrected chi connectivity index (χ2v) is 5.12. The van der Waals surface area contributed by atoms with E-state index in [4.69, 9.17) is 5.26 Å². The summed E-state index contributed by atoms with van der Waals surface area (Å²) >= 11 is 3.30. The first-order valence-corrected chi connectivity index (χ1v) is 6.76. The van der Waals surface area contributed by atoms with Crippen molar-refractivity contribution in [3.63, 3.8) is 0 Å². The Hall–Kier alpha value is -2.59. The van der Waals surface area contributed by atoms with Gasteiger partial charge in [-0.15, -0.1) is 0 Å². The van der Waals surface area contributed by atoms with Crippen LogP contribution in [0.3, 0.4) is 0 Å². The SMILES string of the molecule is CNc1cc(Nc2ccc(Br)cc2C#N)cc([N+](=O)[O-])c1. The van der Waals surface area contributed by atoms with Crippen LogP contribution in [0, 0.1) is 21.4 Å². The zero-order chi connectivity index (χ0) is 15.4. The van der Waals surface area contributed by atoms with Crippen LogP contribution >= 0.6 is 15.9 Å². The monoisotopic (exact) mass is 346 g/mol. The minimum Gasteiger partial charge on any atom is -0.388 e. The van der Waals surface area contributed by atoms with Crippen molar-refractivity contribution in [2.45, 2.75) is 0 Å². The molecule has 0 unspecified atom stereocenters. The minimum atomic E-state index is -0.460. The highest BCUT2D eigenvalue weighted by Crippen LogP contribution is 2.29. The molecule has 0 bridgehead atoms. The lowest BCUT2D eigenvalue weighted by molar-refractivity contribution is -0.384. The third kappa shape index (κ3) is 3.49. The van der Waals surface area contributed by atoms with Gasteiger partial charge in [-0.2, -0.15) is 5.26 Å². The molecule has 0 aromatic heterocycles. The number of rotatable bonds is 4. The van der Waals surface area contributed by atoms with Crippen molar-refractivity contribution >= 4 is 38.7 Å². The van der Waals surface area contributed by atoms with Crippen LogP contribution in [0.25, 0.3) is 0 Å². The zero-order valence-corrected chi connectivity index (χ0v) is 12.6. The Kier molecular flexibility index (Phi) is 4.40. The Morgan fingerprint density at radius 2 is 1.95 bits per heavy atom. The number of nitriles is 1. The Balaban J connectivity index is 2.42. The van der Waals surface area contributed by atoms with E-state index in [1.807, 2.05) is 0 Å². The molecule has 0 atom stereocenters. The van der Waals surface area contributed by atoms with Crippen molar-refractivity contribution in [2.75, 3.05) is 17.7 Å². The number of nitro benzene ring substituents is 1. The van der Waals surface area contributed by atoms with Crippen LogP contribution < -0.4 is 10.6 Å². The second-order valence-electron chi connectivity index (χ2n) is 4.20. The molecule has 2 rings (SSSR count). The van der Waals surface area contributed by atoms with E-state index in [9.17, 15) is 10.1 Å². The number of nitrogens with one attached hydrogen (secondary N) is 2. The molecule has 0 aliphatic carbocycles. The Morgan fingerprint density at radius 3 is 2.57 bits per heavy atom. The molecule has 2 aromatic carbocycles. The summed E-state index contributed by atoms with van der Waals surface area (Å²) in [7, 11) is 1.68. The average Bonchev–Trinajstić information content (AvgIpc) is 2.48. The van der Waals surface area contributed by atoms with Crippen LogP contribution in [0.15, 0.2) is 40.9 Å². The molecular formula is C14H11BrN4O2. The normalized spacial score (nSPS) is 9.76. The lowest BCUT2D eigenvalue weighted by atomic mass is 10.1. The van der Waals surface area contributed by atoms with E-state index >= 15 is 0 Å². The van der Waals surface area contributed by atoms with E-state index in [-0.39, 0.29) is 5.69 Å². The maximum atomic E-state index is 10.9. The summed E-state index contributed by atoms with van der Waals surface area (Å²) in [6.45, 7) is 0. The van der Waals surface area contributed by atoms with Gasteiger partial charge in [0.05, 0.1) is 16.2 Å². The van der Waals surface area contributed by atoms with Gasteiger partial charge in [0.25, 0.3) is 5.69 Å². The first kappa shape index (κ1) is 14.8. The van der Waals surface area contributed by atoms with Crippen molar-refractivity contribution in [3.05, 3.63) is 56.5 Å². The van der Waals surface area contributed by atoms with E-state index in [0.717, 1.165) is 4.47 Å². The molecule has 0 aliphatic rings. The summed E-state index contributed by atoms with van der Waals surface area (Å²) in [4.78, 5) is 10.5. The Bertz CT molecular complexity index is 740. The van der Waals surface area contributed by atoms with Crippen molar-refractivity contribution in [2.24, 2.45) is 0 Å². The highest BCUT2D eigenvalue weighted by atomic mass is 79.9. The first-order valence-electron chi connectivity index (χ1n) is 5.97. The number of nitrogens with zero attached hydrogens (tertiary/aromatic N) is 2. The molecule has 7 heteroatoms. The van der Waals surface area contributed by atoms with Gasteiger partial charge in [-0.1, -0.05) is 15.9 Å². The van der Waals surface area contributed by atoms with Crippen molar-refractivity contribution in [1.29, 1.82) is 5.26 Å². The van der Waals surface area contributed by atoms with E-state index in [2.05, 4.69) is 32.6 Å². The van der Waals surface area contributed by atoms with Crippen LogP contribution in [0.1, 0.15) is 5.56 Å². The standard InChI is InChI=1S/C14H11BrN4O2/c1-17-11-5-12(7-13(6-11)19(20)21)18-14-3-2-10(15)4-9(14)8-16/h2-7,17-18H,1H3. The average molecular weight is 347 g/mol. The number of halogens is 1. The summed E-state index contributed by atoms with van der Waals surface area (Å²) in [5.41, 5.74) is 2.15. The Morgan fingerprint density at radius 1 is 1.24 bits per heavy atom. The summed E-state index contributed by atoms with van der Waals surface area (Å²) in [5.74, 6) is 0. The van der Waals surface area contributed by atoms with Gasteiger partial charge in [0, 0.05) is 35.0 Å².